The maximum absolute atomic E-state index is 12.1. The number of thiophene rings is 1. The molecule has 0 aromatic carbocycles. The third kappa shape index (κ3) is 4.05. The molecule has 0 aliphatic carbocycles. The normalized spacial score (nSPS) is 9.62. The van der Waals surface area contributed by atoms with Crippen LogP contribution >= 0.6 is 11.3 Å². The smallest absolute Gasteiger partial charge is 0.255 e. The van der Waals surface area contributed by atoms with Gasteiger partial charge in [0.25, 0.3) is 5.91 Å². The fraction of sp³-hybridized carbons (Fsp3) is 0.200. The van der Waals surface area contributed by atoms with E-state index in [0.29, 0.717) is 17.9 Å². The van der Waals surface area contributed by atoms with E-state index in [9.17, 15) is 4.79 Å². The number of amides is 1. The molecule has 0 spiro atoms. The van der Waals surface area contributed by atoms with Gasteiger partial charge in [0.1, 0.15) is 12.4 Å². The summed E-state index contributed by atoms with van der Waals surface area (Å²) in [5, 5.41) is 13.4. The number of methoxy groups -OCH3 is 1. The van der Waals surface area contributed by atoms with Gasteiger partial charge in [-0.25, -0.2) is 0 Å². The Kier molecular flexibility index (Phi) is 5.32. The van der Waals surface area contributed by atoms with Gasteiger partial charge in [-0.3, -0.25) is 9.78 Å². The summed E-state index contributed by atoms with van der Waals surface area (Å²) in [4.78, 5) is 17.0. The van der Waals surface area contributed by atoms with Crippen LogP contribution in [0.15, 0.2) is 29.9 Å². The van der Waals surface area contributed by atoms with Crippen molar-refractivity contribution < 1.29 is 14.6 Å². The number of aliphatic hydroxyl groups is 1. The van der Waals surface area contributed by atoms with Crippen molar-refractivity contribution in [3.05, 3.63) is 45.9 Å². The van der Waals surface area contributed by atoms with Gasteiger partial charge >= 0.3 is 0 Å². The summed E-state index contributed by atoms with van der Waals surface area (Å²) in [5.41, 5.74) is 1.28. The molecule has 2 heterocycles. The Morgan fingerprint density at radius 3 is 3.19 bits per heavy atom. The van der Waals surface area contributed by atoms with Crippen LogP contribution in [0.5, 0.6) is 5.75 Å². The third-order valence-electron chi connectivity index (χ3n) is 2.64. The Bertz CT molecular complexity index is 685. The van der Waals surface area contributed by atoms with Crippen molar-refractivity contribution in [3.63, 3.8) is 0 Å². The molecule has 0 bridgehead atoms. The molecule has 0 aliphatic rings. The number of hydrogen-bond donors (Lipinski definition) is 2. The van der Waals surface area contributed by atoms with Crippen molar-refractivity contribution in [1.29, 1.82) is 0 Å². The Morgan fingerprint density at radius 1 is 1.57 bits per heavy atom. The van der Waals surface area contributed by atoms with Crippen LogP contribution in [-0.2, 0) is 6.54 Å². The minimum absolute atomic E-state index is 0.163. The first kappa shape index (κ1) is 15.0. The van der Waals surface area contributed by atoms with Crippen molar-refractivity contribution in [2.45, 2.75) is 6.54 Å². The summed E-state index contributed by atoms with van der Waals surface area (Å²) in [6, 6.07) is 3.50. The van der Waals surface area contributed by atoms with E-state index >= 15 is 0 Å². The molecular weight excluding hydrogens is 288 g/mol. The van der Waals surface area contributed by atoms with Crippen LogP contribution in [0, 0.1) is 11.8 Å². The molecule has 0 saturated heterocycles. The molecule has 0 aliphatic heterocycles. The summed E-state index contributed by atoms with van der Waals surface area (Å²) >= 11 is 1.50. The monoisotopic (exact) mass is 302 g/mol. The number of ether oxygens (including phenoxy) is 1. The number of aromatic nitrogens is 1. The number of nitrogens with one attached hydrogen (secondary N) is 1. The number of hydrogen-bond acceptors (Lipinski definition) is 5. The number of pyridine rings is 1. The highest BCUT2D eigenvalue weighted by Crippen LogP contribution is 2.17. The molecule has 0 fully saturated rings. The van der Waals surface area contributed by atoms with E-state index < -0.39 is 0 Å². The lowest BCUT2D eigenvalue weighted by atomic mass is 10.2. The first-order valence-corrected chi connectivity index (χ1v) is 7.06. The molecule has 2 aromatic rings. The van der Waals surface area contributed by atoms with Crippen LogP contribution in [0.2, 0.25) is 0 Å². The van der Waals surface area contributed by atoms with E-state index in [2.05, 4.69) is 22.1 Å². The summed E-state index contributed by atoms with van der Waals surface area (Å²) in [6.07, 6.45) is 3.05. The molecular formula is C15H14N2O3S. The van der Waals surface area contributed by atoms with Crippen LogP contribution in [0.4, 0.5) is 0 Å². The average Bonchev–Trinajstić information content (AvgIpc) is 2.98. The fourth-order valence-electron chi connectivity index (χ4n) is 1.67. The fourth-order valence-corrected chi connectivity index (χ4v) is 2.43. The topological polar surface area (TPSA) is 71.5 Å². The van der Waals surface area contributed by atoms with Crippen molar-refractivity contribution in [2.24, 2.45) is 0 Å². The quantitative estimate of drug-likeness (QED) is 0.838. The predicted molar refractivity (Wildman–Crippen MR) is 80.2 cm³/mol. The molecule has 6 heteroatoms. The first-order chi connectivity index (χ1) is 10.2. The molecule has 21 heavy (non-hydrogen) atoms. The van der Waals surface area contributed by atoms with Gasteiger partial charge in [-0.15, -0.1) is 11.3 Å². The highest BCUT2D eigenvalue weighted by atomic mass is 32.1. The molecule has 0 radical (unpaired) electrons. The zero-order chi connectivity index (χ0) is 15.1. The Labute approximate surface area is 126 Å². The zero-order valence-electron chi connectivity index (χ0n) is 11.4. The predicted octanol–water partition coefficient (Wildman–Crippen LogP) is 1.43. The lowest BCUT2D eigenvalue weighted by molar-refractivity contribution is 0.0948. The number of aliphatic hydroxyl groups excluding tert-OH is 1. The van der Waals surface area contributed by atoms with Crippen LogP contribution in [0.3, 0.4) is 0 Å². The minimum atomic E-state index is -0.217. The van der Waals surface area contributed by atoms with Crippen molar-refractivity contribution >= 4 is 17.2 Å². The van der Waals surface area contributed by atoms with Gasteiger partial charge in [0, 0.05) is 22.0 Å². The Balaban J connectivity index is 1.99. The molecule has 2 N–H and O–H groups in total. The largest absolute Gasteiger partial charge is 0.494 e. The molecule has 108 valence electrons. The highest BCUT2D eigenvalue weighted by Gasteiger charge is 2.11. The second kappa shape index (κ2) is 7.43. The van der Waals surface area contributed by atoms with Gasteiger partial charge in [-0.2, -0.15) is 0 Å². The molecule has 0 atom stereocenters. The standard InChI is InChI=1S/C15H14N2O3S/c1-20-14-9-16-5-4-13(14)15(19)17-8-12-7-11(10-21-12)3-2-6-18/h4-5,7,9-10,18H,6,8H2,1H3,(H,17,19). The van der Waals surface area contributed by atoms with Gasteiger partial charge < -0.3 is 15.2 Å². The number of rotatable bonds is 4. The summed E-state index contributed by atoms with van der Waals surface area (Å²) in [7, 11) is 1.50. The lowest BCUT2D eigenvalue weighted by Gasteiger charge is -2.07. The molecule has 2 rings (SSSR count). The van der Waals surface area contributed by atoms with Gasteiger partial charge in [0.05, 0.1) is 25.4 Å². The summed E-state index contributed by atoms with van der Waals surface area (Å²) in [6.45, 7) is 0.250. The SMILES string of the molecule is COc1cnccc1C(=O)NCc1cc(C#CCO)cs1. The summed E-state index contributed by atoms with van der Waals surface area (Å²) in [5.74, 6) is 5.63. The van der Waals surface area contributed by atoms with Crippen LogP contribution in [0.25, 0.3) is 0 Å². The van der Waals surface area contributed by atoms with E-state index in [0.717, 1.165) is 10.4 Å². The zero-order valence-corrected chi connectivity index (χ0v) is 12.2. The van der Waals surface area contributed by atoms with Gasteiger partial charge in [-0.05, 0) is 12.1 Å². The molecule has 2 aromatic heterocycles. The average molecular weight is 302 g/mol. The molecule has 0 unspecified atom stereocenters. The van der Waals surface area contributed by atoms with E-state index in [1.165, 1.54) is 24.6 Å². The Morgan fingerprint density at radius 2 is 2.43 bits per heavy atom. The second-order valence-corrected chi connectivity index (χ2v) is 5.02. The molecule has 5 nitrogen and oxygen atoms in total. The van der Waals surface area contributed by atoms with Gasteiger partial charge in [0.2, 0.25) is 0 Å². The van der Waals surface area contributed by atoms with Gasteiger partial charge in [0.15, 0.2) is 0 Å². The highest BCUT2D eigenvalue weighted by molar-refractivity contribution is 7.10. The van der Waals surface area contributed by atoms with Crippen LogP contribution < -0.4 is 10.1 Å². The number of carbonyl (C=O) groups excluding carboxylic acids is 1. The molecule has 1 amide bonds. The summed E-state index contributed by atoms with van der Waals surface area (Å²) < 4.78 is 5.10. The van der Waals surface area contributed by atoms with E-state index in [1.54, 1.807) is 12.3 Å². The van der Waals surface area contributed by atoms with E-state index in [4.69, 9.17) is 9.84 Å². The Hall–Kier alpha value is -2.36. The minimum Gasteiger partial charge on any atom is -0.494 e. The van der Waals surface area contributed by atoms with Crippen molar-refractivity contribution in [2.75, 3.05) is 13.7 Å². The number of nitrogens with zero attached hydrogens (tertiary/aromatic N) is 1. The lowest BCUT2D eigenvalue weighted by Crippen LogP contribution is -2.22. The maximum Gasteiger partial charge on any atom is 0.255 e. The van der Waals surface area contributed by atoms with Crippen molar-refractivity contribution in [3.8, 4) is 17.6 Å². The number of carbonyl (C=O) groups is 1. The van der Waals surface area contributed by atoms with Crippen LogP contribution in [0.1, 0.15) is 20.8 Å². The van der Waals surface area contributed by atoms with Crippen molar-refractivity contribution in [1.82, 2.24) is 10.3 Å². The maximum atomic E-state index is 12.1. The van der Waals surface area contributed by atoms with E-state index in [1.807, 2.05) is 11.4 Å². The molecule has 0 saturated carbocycles. The van der Waals surface area contributed by atoms with Crippen LogP contribution in [-0.4, -0.2) is 29.7 Å². The van der Waals surface area contributed by atoms with E-state index in [-0.39, 0.29) is 12.5 Å². The second-order valence-electron chi connectivity index (χ2n) is 4.02. The first-order valence-electron chi connectivity index (χ1n) is 6.18. The van der Waals surface area contributed by atoms with Gasteiger partial charge in [-0.1, -0.05) is 11.8 Å². The third-order valence-corrected chi connectivity index (χ3v) is 3.57.